The van der Waals surface area contributed by atoms with Gasteiger partial charge in [-0.2, -0.15) is 0 Å². The van der Waals surface area contributed by atoms with Gasteiger partial charge in [-0.25, -0.2) is 9.78 Å². The predicted octanol–water partition coefficient (Wildman–Crippen LogP) is 1.25. The van der Waals surface area contributed by atoms with Crippen LogP contribution in [0.3, 0.4) is 0 Å². The van der Waals surface area contributed by atoms with E-state index in [1.54, 1.807) is 24.4 Å². The van der Waals surface area contributed by atoms with E-state index in [9.17, 15) is 9.59 Å². The van der Waals surface area contributed by atoms with E-state index in [0.29, 0.717) is 18.8 Å². The van der Waals surface area contributed by atoms with Crippen molar-refractivity contribution in [2.24, 2.45) is 0 Å². The minimum atomic E-state index is -0.473. The van der Waals surface area contributed by atoms with Crippen molar-refractivity contribution in [3.63, 3.8) is 0 Å². The summed E-state index contributed by atoms with van der Waals surface area (Å²) < 4.78 is 4.66. The number of rotatable bonds is 2. The van der Waals surface area contributed by atoms with Crippen LogP contribution in [0.15, 0.2) is 24.4 Å². The molecule has 6 heteroatoms. The van der Waals surface area contributed by atoms with Crippen LogP contribution in [0.25, 0.3) is 0 Å². The molecule has 0 aromatic carbocycles. The number of carbonyl (C=O) groups excluding carboxylic acids is 2. The van der Waals surface area contributed by atoms with Crippen LogP contribution in [0.5, 0.6) is 0 Å². The average Bonchev–Trinajstić information content (AvgIpc) is 2.88. The summed E-state index contributed by atoms with van der Waals surface area (Å²) in [5.41, 5.74) is 0. The molecule has 6 nitrogen and oxygen atoms in total. The van der Waals surface area contributed by atoms with E-state index < -0.39 is 12.1 Å². The molecule has 1 aliphatic heterocycles. The zero-order valence-corrected chi connectivity index (χ0v) is 10.1. The molecule has 2 amide bonds. The van der Waals surface area contributed by atoms with Crippen LogP contribution >= 0.6 is 0 Å². The van der Waals surface area contributed by atoms with Gasteiger partial charge in [-0.1, -0.05) is 6.07 Å². The first-order valence-electron chi connectivity index (χ1n) is 5.79. The van der Waals surface area contributed by atoms with Crippen molar-refractivity contribution >= 4 is 17.8 Å². The number of likely N-dealkylation sites (tertiary alicyclic amines) is 1. The maximum atomic E-state index is 12.0. The molecular weight excluding hydrogens is 234 g/mol. The zero-order valence-electron chi connectivity index (χ0n) is 10.1. The summed E-state index contributed by atoms with van der Waals surface area (Å²) >= 11 is 0. The number of nitrogens with zero attached hydrogens (tertiary/aromatic N) is 2. The predicted molar refractivity (Wildman–Crippen MR) is 65.0 cm³/mol. The van der Waals surface area contributed by atoms with Gasteiger partial charge in [0.2, 0.25) is 5.91 Å². The molecule has 0 saturated carbocycles. The summed E-state index contributed by atoms with van der Waals surface area (Å²) in [5, 5.41) is 2.69. The maximum absolute atomic E-state index is 12.0. The van der Waals surface area contributed by atoms with E-state index in [1.165, 1.54) is 12.0 Å². The fourth-order valence-electron chi connectivity index (χ4n) is 2.02. The van der Waals surface area contributed by atoms with E-state index in [0.717, 1.165) is 6.42 Å². The first-order valence-corrected chi connectivity index (χ1v) is 5.79. The number of aromatic nitrogens is 1. The third-order valence-corrected chi connectivity index (χ3v) is 2.88. The fourth-order valence-corrected chi connectivity index (χ4v) is 2.02. The Balaban J connectivity index is 2.02. The number of amides is 2. The molecular formula is C12H15N3O3. The monoisotopic (exact) mass is 249 g/mol. The van der Waals surface area contributed by atoms with Crippen LogP contribution in [0, 0.1) is 0 Å². The van der Waals surface area contributed by atoms with Crippen molar-refractivity contribution in [2.75, 3.05) is 19.0 Å². The highest BCUT2D eigenvalue weighted by atomic mass is 16.5. The number of pyridine rings is 1. The first-order chi connectivity index (χ1) is 8.72. The Morgan fingerprint density at radius 2 is 2.33 bits per heavy atom. The van der Waals surface area contributed by atoms with Crippen LogP contribution < -0.4 is 5.32 Å². The van der Waals surface area contributed by atoms with Crippen LogP contribution in [-0.4, -0.2) is 41.6 Å². The lowest BCUT2D eigenvalue weighted by atomic mass is 10.2. The molecule has 1 fully saturated rings. The molecule has 1 aromatic rings. The molecule has 1 aliphatic rings. The van der Waals surface area contributed by atoms with E-state index in [4.69, 9.17) is 0 Å². The highest BCUT2D eigenvalue weighted by molar-refractivity contribution is 5.96. The summed E-state index contributed by atoms with van der Waals surface area (Å²) in [4.78, 5) is 29.0. The molecule has 0 bridgehead atoms. The molecule has 1 aromatic heterocycles. The van der Waals surface area contributed by atoms with Crippen molar-refractivity contribution in [2.45, 2.75) is 18.9 Å². The van der Waals surface area contributed by atoms with Crippen molar-refractivity contribution in [3.8, 4) is 0 Å². The molecule has 1 unspecified atom stereocenters. The number of anilines is 1. The number of methoxy groups -OCH3 is 1. The standard InChI is InChI=1S/C12H15N3O3/c1-18-12(17)15-8-4-5-9(15)11(16)14-10-6-2-3-7-13-10/h2-3,6-7,9H,4-5,8H2,1H3,(H,13,14,16). The lowest BCUT2D eigenvalue weighted by Crippen LogP contribution is -2.43. The van der Waals surface area contributed by atoms with Gasteiger partial charge in [0.25, 0.3) is 0 Å². The molecule has 2 rings (SSSR count). The van der Waals surface area contributed by atoms with Crippen LogP contribution in [-0.2, 0) is 9.53 Å². The number of nitrogens with one attached hydrogen (secondary N) is 1. The average molecular weight is 249 g/mol. The Kier molecular flexibility index (Phi) is 3.76. The summed E-state index contributed by atoms with van der Waals surface area (Å²) in [6.07, 6.45) is 2.58. The molecule has 0 spiro atoms. The third-order valence-electron chi connectivity index (χ3n) is 2.88. The quantitative estimate of drug-likeness (QED) is 0.856. The second-order valence-electron chi connectivity index (χ2n) is 4.03. The summed E-state index contributed by atoms with van der Waals surface area (Å²) in [7, 11) is 1.31. The minimum absolute atomic E-state index is 0.225. The Morgan fingerprint density at radius 3 is 3.00 bits per heavy atom. The first kappa shape index (κ1) is 12.3. The van der Waals surface area contributed by atoms with Gasteiger partial charge in [0.05, 0.1) is 7.11 Å². The third kappa shape index (κ3) is 2.58. The topological polar surface area (TPSA) is 71.5 Å². The lowest BCUT2D eigenvalue weighted by molar-refractivity contribution is -0.120. The minimum Gasteiger partial charge on any atom is -0.453 e. The van der Waals surface area contributed by atoms with Gasteiger partial charge in [0, 0.05) is 12.7 Å². The van der Waals surface area contributed by atoms with Crippen molar-refractivity contribution in [3.05, 3.63) is 24.4 Å². The zero-order chi connectivity index (χ0) is 13.0. The smallest absolute Gasteiger partial charge is 0.410 e. The Morgan fingerprint density at radius 1 is 1.50 bits per heavy atom. The molecule has 1 N–H and O–H groups in total. The summed E-state index contributed by atoms with van der Waals surface area (Å²) in [5.74, 6) is 0.260. The van der Waals surface area contributed by atoms with Gasteiger partial charge < -0.3 is 10.1 Å². The Labute approximate surface area is 105 Å². The second-order valence-corrected chi connectivity index (χ2v) is 4.03. The molecule has 0 radical (unpaired) electrons. The number of hydrogen-bond donors (Lipinski definition) is 1. The Bertz CT molecular complexity index is 435. The van der Waals surface area contributed by atoms with Crippen molar-refractivity contribution < 1.29 is 14.3 Å². The summed E-state index contributed by atoms with van der Waals surface area (Å²) in [6.45, 7) is 0.549. The highest BCUT2D eigenvalue weighted by Gasteiger charge is 2.34. The van der Waals surface area contributed by atoms with Crippen molar-refractivity contribution in [1.82, 2.24) is 9.88 Å². The van der Waals surface area contributed by atoms with Crippen LogP contribution in [0.1, 0.15) is 12.8 Å². The maximum Gasteiger partial charge on any atom is 0.410 e. The van der Waals surface area contributed by atoms with Crippen LogP contribution in [0.2, 0.25) is 0 Å². The van der Waals surface area contributed by atoms with Gasteiger partial charge in [0.1, 0.15) is 11.9 Å². The molecule has 96 valence electrons. The molecule has 2 heterocycles. The van der Waals surface area contributed by atoms with E-state index in [-0.39, 0.29) is 5.91 Å². The SMILES string of the molecule is COC(=O)N1CCCC1C(=O)Nc1ccccn1. The second kappa shape index (κ2) is 5.48. The van der Waals surface area contributed by atoms with Gasteiger partial charge in [-0.15, -0.1) is 0 Å². The van der Waals surface area contributed by atoms with Gasteiger partial charge >= 0.3 is 6.09 Å². The molecule has 1 atom stereocenters. The van der Waals surface area contributed by atoms with Gasteiger partial charge in [0.15, 0.2) is 0 Å². The van der Waals surface area contributed by atoms with E-state index in [2.05, 4.69) is 15.0 Å². The molecule has 1 saturated heterocycles. The molecule has 18 heavy (non-hydrogen) atoms. The largest absolute Gasteiger partial charge is 0.453 e. The molecule has 0 aliphatic carbocycles. The van der Waals surface area contributed by atoms with Crippen molar-refractivity contribution in [1.29, 1.82) is 0 Å². The fraction of sp³-hybridized carbons (Fsp3) is 0.417. The van der Waals surface area contributed by atoms with Gasteiger partial charge in [-0.05, 0) is 25.0 Å². The van der Waals surface area contributed by atoms with E-state index >= 15 is 0 Å². The number of carbonyl (C=O) groups is 2. The van der Waals surface area contributed by atoms with E-state index in [1.807, 2.05) is 0 Å². The van der Waals surface area contributed by atoms with Crippen LogP contribution in [0.4, 0.5) is 10.6 Å². The number of ether oxygens (including phenoxy) is 1. The Hall–Kier alpha value is -2.11. The number of hydrogen-bond acceptors (Lipinski definition) is 4. The highest BCUT2D eigenvalue weighted by Crippen LogP contribution is 2.19. The van der Waals surface area contributed by atoms with Gasteiger partial charge in [-0.3, -0.25) is 9.69 Å². The lowest BCUT2D eigenvalue weighted by Gasteiger charge is -2.22. The summed E-state index contributed by atoms with van der Waals surface area (Å²) in [6, 6.07) is 4.79. The normalized spacial score (nSPS) is 18.5.